The predicted octanol–water partition coefficient (Wildman–Crippen LogP) is 3.34. The highest BCUT2D eigenvalue weighted by Gasteiger charge is 2.40. The number of thiocarbonyl (C=S) groups is 1. The Labute approximate surface area is 169 Å². The summed E-state index contributed by atoms with van der Waals surface area (Å²) in [5, 5.41) is 4.84. The van der Waals surface area contributed by atoms with E-state index < -0.39 is 5.79 Å². The van der Waals surface area contributed by atoms with Crippen LogP contribution in [-0.2, 0) is 27.1 Å². The molecule has 0 saturated carbocycles. The van der Waals surface area contributed by atoms with E-state index in [1.54, 1.807) is 11.3 Å². The third-order valence-electron chi connectivity index (χ3n) is 5.50. The highest BCUT2D eigenvalue weighted by atomic mass is 32.1. The number of carbonyl (C=O) groups is 1. The van der Waals surface area contributed by atoms with Gasteiger partial charge in [0.1, 0.15) is 5.00 Å². The zero-order valence-corrected chi connectivity index (χ0v) is 17.3. The van der Waals surface area contributed by atoms with Crippen molar-refractivity contribution >= 4 is 39.6 Å². The number of fused-ring (bicyclic) bond motifs is 1. The molecule has 27 heavy (non-hydrogen) atoms. The van der Waals surface area contributed by atoms with E-state index in [0.29, 0.717) is 30.5 Å². The van der Waals surface area contributed by atoms with E-state index in [4.69, 9.17) is 26.4 Å². The Bertz CT molecular complexity index is 718. The second kappa shape index (κ2) is 8.03. The fourth-order valence-electron chi connectivity index (χ4n) is 4.09. The minimum absolute atomic E-state index is 0.243. The molecule has 148 valence electrons. The Morgan fingerprint density at radius 3 is 2.67 bits per heavy atom. The summed E-state index contributed by atoms with van der Waals surface area (Å²) in [5.74, 6) is -0.655. The molecule has 0 unspecified atom stereocenters. The molecular formula is C19H26N2O4S2. The second-order valence-corrected chi connectivity index (χ2v) is 8.65. The molecule has 1 aromatic heterocycles. The molecular weight excluding hydrogens is 384 g/mol. The molecule has 0 radical (unpaired) electrons. The van der Waals surface area contributed by atoms with Crippen LogP contribution in [0.2, 0.25) is 0 Å². The number of aryl methyl sites for hydroxylation is 1. The van der Waals surface area contributed by atoms with Gasteiger partial charge in [0.2, 0.25) is 0 Å². The summed E-state index contributed by atoms with van der Waals surface area (Å²) < 4.78 is 16.9. The lowest BCUT2D eigenvalue weighted by Crippen LogP contribution is -2.48. The molecule has 1 N–H and O–H groups in total. The molecule has 2 saturated heterocycles. The Kier molecular flexibility index (Phi) is 5.68. The van der Waals surface area contributed by atoms with Gasteiger partial charge in [-0.15, -0.1) is 11.3 Å². The molecule has 4 rings (SSSR count). The molecule has 0 amide bonds. The zero-order chi connectivity index (χ0) is 18.9. The van der Waals surface area contributed by atoms with Gasteiger partial charge in [-0.1, -0.05) is 0 Å². The molecule has 2 aliphatic heterocycles. The molecule has 3 heterocycles. The number of hydrogen-bond acceptors (Lipinski definition) is 6. The molecule has 3 aliphatic rings. The van der Waals surface area contributed by atoms with Crippen LogP contribution in [0.5, 0.6) is 0 Å². The van der Waals surface area contributed by atoms with Gasteiger partial charge in [-0.3, -0.25) is 0 Å². The van der Waals surface area contributed by atoms with Crippen LogP contribution < -0.4 is 5.32 Å². The minimum atomic E-state index is -0.412. The van der Waals surface area contributed by atoms with Crippen LogP contribution in [0, 0.1) is 0 Å². The van der Waals surface area contributed by atoms with Gasteiger partial charge in [0.25, 0.3) is 0 Å². The number of likely N-dealkylation sites (tertiary alicyclic amines) is 1. The van der Waals surface area contributed by atoms with Crippen LogP contribution >= 0.6 is 23.6 Å². The van der Waals surface area contributed by atoms with Gasteiger partial charge in [0, 0.05) is 30.8 Å². The Balaban J connectivity index is 1.48. The van der Waals surface area contributed by atoms with Crippen molar-refractivity contribution in [2.45, 2.75) is 51.2 Å². The lowest BCUT2D eigenvalue weighted by atomic mass is 9.95. The number of nitrogens with zero attached hydrogens (tertiary/aromatic N) is 1. The van der Waals surface area contributed by atoms with E-state index in [2.05, 4.69) is 10.2 Å². The number of hydrogen-bond donors (Lipinski definition) is 1. The highest BCUT2D eigenvalue weighted by molar-refractivity contribution is 7.80. The number of ether oxygens (including phenoxy) is 3. The van der Waals surface area contributed by atoms with Gasteiger partial charge < -0.3 is 24.4 Å². The van der Waals surface area contributed by atoms with Gasteiger partial charge >= 0.3 is 5.97 Å². The maximum Gasteiger partial charge on any atom is 0.341 e. The van der Waals surface area contributed by atoms with Gasteiger partial charge in [0.15, 0.2) is 10.9 Å². The fraction of sp³-hybridized carbons (Fsp3) is 0.684. The molecule has 2 fully saturated rings. The first-order valence-electron chi connectivity index (χ1n) is 9.77. The predicted molar refractivity (Wildman–Crippen MR) is 109 cm³/mol. The number of carbonyl (C=O) groups excluding carboxylic acids is 1. The average Bonchev–Trinajstić information content (AvgIpc) is 3.26. The summed E-state index contributed by atoms with van der Waals surface area (Å²) in [5.41, 5.74) is 1.84. The fourth-order valence-corrected chi connectivity index (χ4v) is 5.71. The standard InChI is InChI=1S/C19H26N2O4S2/c1-2-23-17(22)15-13-5-3-4-6-14(13)27-16(15)20-18(26)21-9-7-19(8-10-21)24-11-12-25-19/h2-12H2,1H3,(H,20,26). The molecule has 1 aliphatic carbocycles. The Morgan fingerprint density at radius 1 is 1.26 bits per heavy atom. The molecule has 0 aromatic carbocycles. The van der Waals surface area contributed by atoms with Crippen molar-refractivity contribution in [2.24, 2.45) is 0 Å². The minimum Gasteiger partial charge on any atom is -0.462 e. The van der Waals surface area contributed by atoms with E-state index >= 15 is 0 Å². The molecule has 0 bridgehead atoms. The van der Waals surface area contributed by atoms with Crippen LogP contribution in [0.1, 0.15) is 53.4 Å². The molecule has 8 heteroatoms. The topological polar surface area (TPSA) is 60.0 Å². The summed E-state index contributed by atoms with van der Waals surface area (Å²) in [6, 6.07) is 0. The normalized spacial score (nSPS) is 21.1. The van der Waals surface area contributed by atoms with Crippen molar-refractivity contribution in [1.82, 2.24) is 4.90 Å². The van der Waals surface area contributed by atoms with Crippen molar-refractivity contribution in [3.05, 3.63) is 16.0 Å². The number of anilines is 1. The third-order valence-corrected chi connectivity index (χ3v) is 7.06. The van der Waals surface area contributed by atoms with Crippen molar-refractivity contribution in [3.8, 4) is 0 Å². The highest BCUT2D eigenvalue weighted by Crippen LogP contribution is 2.39. The van der Waals surface area contributed by atoms with E-state index in [-0.39, 0.29) is 5.97 Å². The first-order valence-corrected chi connectivity index (χ1v) is 11.0. The van der Waals surface area contributed by atoms with E-state index in [1.165, 1.54) is 11.3 Å². The van der Waals surface area contributed by atoms with Gasteiger partial charge in [-0.05, 0) is 50.4 Å². The van der Waals surface area contributed by atoms with Gasteiger partial charge in [-0.2, -0.15) is 0 Å². The average molecular weight is 411 g/mol. The maximum absolute atomic E-state index is 12.6. The molecule has 1 aromatic rings. The van der Waals surface area contributed by atoms with Crippen LogP contribution in [-0.4, -0.2) is 54.7 Å². The zero-order valence-electron chi connectivity index (χ0n) is 15.7. The Hall–Kier alpha value is -1.22. The summed E-state index contributed by atoms with van der Waals surface area (Å²) >= 11 is 7.31. The quantitative estimate of drug-likeness (QED) is 0.606. The third kappa shape index (κ3) is 3.85. The number of piperidine rings is 1. The van der Waals surface area contributed by atoms with Crippen LogP contribution in [0.3, 0.4) is 0 Å². The summed E-state index contributed by atoms with van der Waals surface area (Å²) in [6.07, 6.45) is 5.88. The van der Waals surface area contributed by atoms with E-state index in [0.717, 1.165) is 55.8 Å². The summed E-state index contributed by atoms with van der Waals surface area (Å²) in [4.78, 5) is 16.0. The van der Waals surface area contributed by atoms with Crippen LogP contribution in [0.4, 0.5) is 5.00 Å². The smallest absolute Gasteiger partial charge is 0.341 e. The molecule has 1 spiro atoms. The first kappa shape index (κ1) is 19.1. The number of thiophene rings is 1. The van der Waals surface area contributed by atoms with E-state index in [1.807, 2.05) is 6.92 Å². The second-order valence-electron chi connectivity index (χ2n) is 7.16. The lowest BCUT2D eigenvalue weighted by Gasteiger charge is -2.38. The number of rotatable bonds is 3. The SMILES string of the molecule is CCOC(=O)c1c(NC(=S)N2CCC3(CC2)OCCO3)sc2c1CCCC2. The summed E-state index contributed by atoms with van der Waals surface area (Å²) in [6.45, 7) is 5.13. The Morgan fingerprint density at radius 2 is 1.96 bits per heavy atom. The van der Waals surface area contributed by atoms with Gasteiger partial charge in [-0.25, -0.2) is 4.79 Å². The van der Waals surface area contributed by atoms with Crippen molar-refractivity contribution in [3.63, 3.8) is 0 Å². The number of nitrogens with one attached hydrogen (secondary N) is 1. The van der Waals surface area contributed by atoms with Gasteiger partial charge in [0.05, 0.1) is 25.4 Å². The lowest BCUT2D eigenvalue weighted by molar-refractivity contribution is -0.180. The van der Waals surface area contributed by atoms with Crippen LogP contribution in [0.25, 0.3) is 0 Å². The largest absolute Gasteiger partial charge is 0.462 e. The van der Waals surface area contributed by atoms with Crippen LogP contribution in [0.15, 0.2) is 0 Å². The monoisotopic (exact) mass is 410 g/mol. The van der Waals surface area contributed by atoms with E-state index in [9.17, 15) is 4.79 Å². The first-order chi connectivity index (χ1) is 13.1. The summed E-state index contributed by atoms with van der Waals surface area (Å²) in [7, 11) is 0. The molecule has 0 atom stereocenters. The van der Waals surface area contributed by atoms with Crippen molar-refractivity contribution < 1.29 is 19.0 Å². The van der Waals surface area contributed by atoms with Crippen molar-refractivity contribution in [1.29, 1.82) is 0 Å². The maximum atomic E-state index is 12.6. The number of esters is 1. The van der Waals surface area contributed by atoms with Crippen molar-refractivity contribution in [2.75, 3.05) is 38.2 Å². The molecule has 6 nitrogen and oxygen atoms in total.